The van der Waals surface area contributed by atoms with E-state index in [2.05, 4.69) is 38.6 Å². The molecule has 0 aliphatic heterocycles. The zero-order valence-corrected chi connectivity index (χ0v) is 25.9. The van der Waals surface area contributed by atoms with Crippen molar-refractivity contribution in [3.63, 3.8) is 0 Å². The normalized spacial score (nSPS) is 11.1. The van der Waals surface area contributed by atoms with Gasteiger partial charge in [-0.1, -0.05) is 103 Å². The molecule has 0 amide bonds. The van der Waals surface area contributed by atoms with Crippen LogP contribution in [-0.2, 0) is 22.4 Å². The molecule has 0 bridgehead atoms. The molecule has 5 heteroatoms. The number of unbranched alkanes of at least 4 members (excludes halogenated alkanes) is 11. The molecule has 0 spiro atoms. The van der Waals surface area contributed by atoms with E-state index in [0.717, 1.165) is 55.2 Å². The van der Waals surface area contributed by atoms with E-state index in [-0.39, 0.29) is 11.6 Å². The molecule has 1 heterocycles. The van der Waals surface area contributed by atoms with Gasteiger partial charge in [0, 0.05) is 17.5 Å². The van der Waals surface area contributed by atoms with Crippen molar-refractivity contribution in [2.45, 2.75) is 110 Å². The van der Waals surface area contributed by atoms with Crippen molar-refractivity contribution in [1.29, 1.82) is 0 Å². The zero-order chi connectivity index (χ0) is 30.0. The van der Waals surface area contributed by atoms with Gasteiger partial charge in [0.2, 0.25) is 0 Å². The molecule has 0 saturated heterocycles. The van der Waals surface area contributed by atoms with E-state index in [4.69, 9.17) is 13.9 Å². The van der Waals surface area contributed by atoms with Gasteiger partial charge in [-0.2, -0.15) is 0 Å². The van der Waals surface area contributed by atoms with Crippen LogP contribution in [0.2, 0.25) is 0 Å². The van der Waals surface area contributed by atoms with Crippen LogP contribution in [0.25, 0.3) is 22.1 Å². The molecule has 0 N–H and O–H groups in total. The third kappa shape index (κ3) is 11.2. The summed E-state index contributed by atoms with van der Waals surface area (Å²) in [6.07, 6.45) is 18.4. The van der Waals surface area contributed by atoms with Crippen molar-refractivity contribution in [2.75, 3.05) is 13.2 Å². The van der Waals surface area contributed by atoms with Crippen molar-refractivity contribution in [3.8, 4) is 16.9 Å². The minimum Gasteiger partial charge on any atom is -0.493 e. The lowest BCUT2D eigenvalue weighted by Crippen LogP contribution is -2.05. The molecule has 0 fully saturated rings. The Labute approximate surface area is 252 Å². The van der Waals surface area contributed by atoms with Crippen LogP contribution in [0.4, 0.5) is 0 Å². The highest BCUT2D eigenvalue weighted by Gasteiger charge is 2.13. The van der Waals surface area contributed by atoms with E-state index in [1.54, 1.807) is 0 Å². The van der Waals surface area contributed by atoms with E-state index in [9.17, 15) is 9.59 Å². The van der Waals surface area contributed by atoms with E-state index >= 15 is 0 Å². The molecular weight excluding hydrogens is 524 g/mol. The van der Waals surface area contributed by atoms with Crippen LogP contribution < -0.4 is 10.4 Å². The molecule has 0 unspecified atom stereocenters. The summed E-state index contributed by atoms with van der Waals surface area (Å²) in [4.78, 5) is 24.0. The molecular formula is C37H50O5. The van der Waals surface area contributed by atoms with Crippen LogP contribution >= 0.6 is 0 Å². The minimum absolute atomic E-state index is 0.304. The summed E-state index contributed by atoms with van der Waals surface area (Å²) in [6, 6.07) is 14.2. The van der Waals surface area contributed by atoms with Gasteiger partial charge in [-0.3, -0.25) is 0 Å². The maximum absolute atomic E-state index is 13.0. The summed E-state index contributed by atoms with van der Waals surface area (Å²) in [5, 5.41) is 0.905. The zero-order valence-electron chi connectivity index (χ0n) is 25.9. The predicted molar refractivity (Wildman–Crippen MR) is 173 cm³/mol. The quantitative estimate of drug-likeness (QED) is 0.0548. The Hall–Kier alpha value is -3.34. The van der Waals surface area contributed by atoms with Crippen LogP contribution in [0.3, 0.4) is 0 Å². The second-order valence-electron chi connectivity index (χ2n) is 11.2. The molecule has 0 atom stereocenters. The van der Waals surface area contributed by atoms with Crippen LogP contribution in [0, 0.1) is 0 Å². The molecule has 2 aromatic carbocycles. The maximum atomic E-state index is 13.0. The number of rotatable bonds is 21. The SMILES string of the molecule is C=CC(=O)OCCCCCCCCCCCCOc1ccc2cc(-c3ccc(CCCCC)cc3CC)c(=O)oc2c1. The van der Waals surface area contributed by atoms with Crippen LogP contribution in [0.15, 0.2) is 64.3 Å². The van der Waals surface area contributed by atoms with Gasteiger partial charge in [0.05, 0.1) is 18.8 Å². The van der Waals surface area contributed by atoms with Crippen molar-refractivity contribution >= 4 is 16.9 Å². The Morgan fingerprint density at radius 2 is 1.48 bits per heavy atom. The summed E-state index contributed by atoms with van der Waals surface area (Å²) >= 11 is 0. The Balaban J connectivity index is 1.38. The Morgan fingerprint density at radius 3 is 2.14 bits per heavy atom. The van der Waals surface area contributed by atoms with Crippen molar-refractivity contribution in [1.82, 2.24) is 0 Å². The number of fused-ring (bicyclic) bond motifs is 1. The van der Waals surface area contributed by atoms with Gasteiger partial charge in [-0.25, -0.2) is 9.59 Å². The number of carbonyl (C=O) groups is 1. The Bertz CT molecular complexity index is 1310. The van der Waals surface area contributed by atoms with Crippen LogP contribution in [0.1, 0.15) is 108 Å². The number of benzene rings is 2. The molecule has 0 aliphatic rings. The first-order valence-electron chi connectivity index (χ1n) is 16.2. The van der Waals surface area contributed by atoms with Gasteiger partial charge in [-0.15, -0.1) is 0 Å². The fourth-order valence-electron chi connectivity index (χ4n) is 5.35. The van der Waals surface area contributed by atoms with Gasteiger partial charge in [0.15, 0.2) is 0 Å². The topological polar surface area (TPSA) is 65.7 Å². The number of ether oxygens (including phenoxy) is 2. The molecule has 5 nitrogen and oxygen atoms in total. The largest absolute Gasteiger partial charge is 0.493 e. The molecule has 42 heavy (non-hydrogen) atoms. The second kappa shape index (κ2) is 19.0. The average Bonchev–Trinajstić information content (AvgIpc) is 3.00. The van der Waals surface area contributed by atoms with E-state index in [1.165, 1.54) is 75.0 Å². The highest BCUT2D eigenvalue weighted by Crippen LogP contribution is 2.28. The van der Waals surface area contributed by atoms with Crippen molar-refractivity contribution in [2.24, 2.45) is 0 Å². The van der Waals surface area contributed by atoms with Crippen molar-refractivity contribution < 1.29 is 18.7 Å². The lowest BCUT2D eigenvalue weighted by Gasteiger charge is -2.11. The third-order valence-corrected chi connectivity index (χ3v) is 7.84. The molecule has 0 radical (unpaired) electrons. The monoisotopic (exact) mass is 574 g/mol. The number of esters is 1. The molecule has 0 saturated carbocycles. The summed E-state index contributed by atoms with van der Waals surface area (Å²) < 4.78 is 16.7. The van der Waals surface area contributed by atoms with Gasteiger partial charge in [0.25, 0.3) is 0 Å². The molecule has 1 aromatic heterocycles. The van der Waals surface area contributed by atoms with Crippen LogP contribution in [0.5, 0.6) is 5.75 Å². The Morgan fingerprint density at radius 1 is 0.786 bits per heavy atom. The maximum Gasteiger partial charge on any atom is 0.344 e. The molecule has 3 aromatic rings. The number of hydrogen-bond acceptors (Lipinski definition) is 5. The summed E-state index contributed by atoms with van der Waals surface area (Å²) in [7, 11) is 0. The van der Waals surface area contributed by atoms with Gasteiger partial charge >= 0.3 is 11.6 Å². The minimum atomic E-state index is -0.333. The lowest BCUT2D eigenvalue weighted by molar-refractivity contribution is -0.137. The van der Waals surface area contributed by atoms with Gasteiger partial charge in [0.1, 0.15) is 11.3 Å². The standard InChI is InChI=1S/C37H50O5/c1-4-7-16-19-29-20-23-33(30(5-2)26-29)34-27-31-21-22-32(28-35(31)42-37(34)39)40-24-17-14-12-10-8-9-11-13-15-18-25-41-36(38)6-3/h6,20-23,26-28H,3-5,7-19,24-25H2,1-2H3. The second-order valence-corrected chi connectivity index (χ2v) is 11.2. The summed E-state index contributed by atoms with van der Waals surface area (Å²) in [5.41, 5.74) is 4.38. The number of aryl methyl sites for hydroxylation is 2. The van der Waals surface area contributed by atoms with Gasteiger partial charge < -0.3 is 13.9 Å². The molecule has 3 rings (SSSR count). The first-order chi connectivity index (χ1) is 20.5. The fraction of sp³-hybridized carbons (Fsp3) is 0.514. The average molecular weight is 575 g/mol. The first kappa shape index (κ1) is 33.2. The summed E-state index contributed by atoms with van der Waals surface area (Å²) in [6.45, 7) is 8.91. The first-order valence-corrected chi connectivity index (χ1v) is 16.2. The Kier molecular flexibility index (Phi) is 15.0. The number of hydrogen-bond donors (Lipinski definition) is 0. The summed E-state index contributed by atoms with van der Waals surface area (Å²) in [5.74, 6) is 0.406. The number of carbonyl (C=O) groups excluding carboxylic acids is 1. The smallest absolute Gasteiger partial charge is 0.344 e. The predicted octanol–water partition coefficient (Wildman–Crippen LogP) is 9.76. The van der Waals surface area contributed by atoms with E-state index in [1.807, 2.05) is 24.3 Å². The highest BCUT2D eigenvalue weighted by molar-refractivity contribution is 5.83. The third-order valence-electron chi connectivity index (χ3n) is 7.84. The fourth-order valence-corrected chi connectivity index (χ4v) is 5.35. The lowest BCUT2D eigenvalue weighted by atomic mass is 9.94. The molecule has 228 valence electrons. The molecule has 0 aliphatic carbocycles. The highest BCUT2D eigenvalue weighted by atomic mass is 16.5. The van der Waals surface area contributed by atoms with Crippen LogP contribution in [-0.4, -0.2) is 19.2 Å². The van der Waals surface area contributed by atoms with Crippen molar-refractivity contribution in [3.05, 3.63) is 76.7 Å². The van der Waals surface area contributed by atoms with Gasteiger partial charge in [-0.05, 0) is 67.0 Å². The van der Waals surface area contributed by atoms with E-state index in [0.29, 0.717) is 24.4 Å². The van der Waals surface area contributed by atoms with E-state index < -0.39 is 0 Å².